The van der Waals surface area contributed by atoms with Crippen LogP contribution in [0.4, 0.5) is 0 Å². The van der Waals surface area contributed by atoms with E-state index in [1.807, 2.05) is 0 Å². The summed E-state index contributed by atoms with van der Waals surface area (Å²) in [7, 11) is 0. The molecule has 2 unspecified atom stereocenters. The van der Waals surface area contributed by atoms with Gasteiger partial charge in [-0.05, 0) is 44.6 Å². The standard InChI is InChI=1S/C13H23NO2/c1-4-13(5-1)8-12(3-7-16-13)15-10-11-2-6-14-9-11/h11-12,14H,1-10H2. The first kappa shape index (κ1) is 11.0. The van der Waals surface area contributed by atoms with Gasteiger partial charge in [0.25, 0.3) is 0 Å². The summed E-state index contributed by atoms with van der Waals surface area (Å²) in [5, 5.41) is 3.39. The average Bonchev–Trinajstić information content (AvgIpc) is 2.77. The Balaban J connectivity index is 1.43. The van der Waals surface area contributed by atoms with E-state index in [9.17, 15) is 0 Å². The lowest BCUT2D eigenvalue weighted by Gasteiger charge is -2.47. The molecule has 3 rings (SSSR count). The normalized spacial score (nSPS) is 37.5. The van der Waals surface area contributed by atoms with Gasteiger partial charge in [0.05, 0.1) is 18.3 Å². The molecule has 0 aromatic rings. The van der Waals surface area contributed by atoms with E-state index in [0.29, 0.717) is 6.10 Å². The number of nitrogens with one attached hydrogen (secondary N) is 1. The topological polar surface area (TPSA) is 30.5 Å². The van der Waals surface area contributed by atoms with Crippen LogP contribution in [0.15, 0.2) is 0 Å². The lowest BCUT2D eigenvalue weighted by atomic mass is 9.74. The third-order valence-corrected chi connectivity index (χ3v) is 4.44. The Morgan fingerprint density at radius 1 is 1.31 bits per heavy atom. The predicted molar refractivity (Wildman–Crippen MR) is 62.5 cm³/mol. The SMILES string of the molecule is C1CC2(C1)CC(OCC1CCNC1)CCO2. The second kappa shape index (κ2) is 4.63. The Morgan fingerprint density at radius 3 is 2.94 bits per heavy atom. The second-order valence-corrected chi connectivity index (χ2v) is 5.69. The van der Waals surface area contributed by atoms with Gasteiger partial charge in [0, 0.05) is 19.6 Å². The van der Waals surface area contributed by atoms with Gasteiger partial charge in [0.2, 0.25) is 0 Å². The summed E-state index contributed by atoms with van der Waals surface area (Å²) in [6, 6.07) is 0. The van der Waals surface area contributed by atoms with Crippen LogP contribution in [-0.4, -0.2) is 38.0 Å². The fourth-order valence-electron chi connectivity index (χ4n) is 3.17. The Kier molecular flexibility index (Phi) is 3.18. The molecule has 1 N–H and O–H groups in total. The molecule has 1 saturated carbocycles. The first-order valence-electron chi connectivity index (χ1n) is 6.83. The summed E-state index contributed by atoms with van der Waals surface area (Å²) in [4.78, 5) is 0. The fourth-order valence-corrected chi connectivity index (χ4v) is 3.17. The van der Waals surface area contributed by atoms with Crippen LogP contribution in [0.25, 0.3) is 0 Å². The van der Waals surface area contributed by atoms with Gasteiger partial charge >= 0.3 is 0 Å². The van der Waals surface area contributed by atoms with Crippen LogP contribution >= 0.6 is 0 Å². The highest BCUT2D eigenvalue weighted by Gasteiger charge is 2.42. The molecule has 1 aliphatic carbocycles. The molecule has 16 heavy (non-hydrogen) atoms. The highest BCUT2D eigenvalue weighted by Crippen LogP contribution is 2.43. The summed E-state index contributed by atoms with van der Waals surface area (Å²) >= 11 is 0. The van der Waals surface area contributed by atoms with E-state index >= 15 is 0 Å². The first-order chi connectivity index (χ1) is 7.86. The lowest BCUT2D eigenvalue weighted by molar-refractivity contribution is -0.171. The molecule has 2 aliphatic heterocycles. The van der Waals surface area contributed by atoms with Crippen LogP contribution in [0.3, 0.4) is 0 Å². The van der Waals surface area contributed by atoms with E-state index in [1.165, 1.54) is 32.2 Å². The maximum Gasteiger partial charge on any atom is 0.0707 e. The van der Waals surface area contributed by atoms with Crippen molar-refractivity contribution in [2.45, 2.75) is 50.2 Å². The molecule has 0 amide bonds. The van der Waals surface area contributed by atoms with Gasteiger partial charge in [0.15, 0.2) is 0 Å². The van der Waals surface area contributed by atoms with Gasteiger partial charge in [-0.2, -0.15) is 0 Å². The van der Waals surface area contributed by atoms with Crippen molar-refractivity contribution in [1.29, 1.82) is 0 Å². The molecule has 3 aliphatic rings. The maximum atomic E-state index is 6.08. The Hall–Kier alpha value is -0.120. The summed E-state index contributed by atoms with van der Waals surface area (Å²) in [6.45, 7) is 4.18. The summed E-state index contributed by atoms with van der Waals surface area (Å²) in [5.41, 5.74) is 0.233. The van der Waals surface area contributed by atoms with Crippen LogP contribution in [0.2, 0.25) is 0 Å². The number of hydrogen-bond acceptors (Lipinski definition) is 3. The molecule has 2 heterocycles. The molecular formula is C13H23NO2. The number of ether oxygens (including phenoxy) is 2. The third-order valence-electron chi connectivity index (χ3n) is 4.44. The third kappa shape index (κ3) is 2.27. The Labute approximate surface area is 97.9 Å². The van der Waals surface area contributed by atoms with Crippen molar-refractivity contribution in [1.82, 2.24) is 5.32 Å². The minimum Gasteiger partial charge on any atom is -0.378 e. The molecular weight excluding hydrogens is 202 g/mol. The Bertz CT molecular complexity index is 234. The van der Waals surface area contributed by atoms with Crippen molar-refractivity contribution in [2.75, 3.05) is 26.3 Å². The van der Waals surface area contributed by atoms with Crippen LogP contribution in [-0.2, 0) is 9.47 Å². The van der Waals surface area contributed by atoms with Crippen molar-refractivity contribution >= 4 is 0 Å². The predicted octanol–water partition coefficient (Wildman–Crippen LogP) is 1.71. The molecule has 0 bridgehead atoms. The Morgan fingerprint density at radius 2 is 2.25 bits per heavy atom. The summed E-state index contributed by atoms with van der Waals surface area (Å²) in [6.07, 6.45) is 7.87. The first-order valence-corrected chi connectivity index (χ1v) is 6.83. The highest BCUT2D eigenvalue weighted by atomic mass is 16.5. The van der Waals surface area contributed by atoms with Gasteiger partial charge in [-0.1, -0.05) is 0 Å². The molecule has 0 aromatic heterocycles. The van der Waals surface area contributed by atoms with Crippen LogP contribution < -0.4 is 5.32 Å². The molecule has 3 nitrogen and oxygen atoms in total. The number of rotatable bonds is 3. The van der Waals surface area contributed by atoms with Gasteiger partial charge < -0.3 is 14.8 Å². The average molecular weight is 225 g/mol. The van der Waals surface area contributed by atoms with E-state index in [4.69, 9.17) is 9.47 Å². The van der Waals surface area contributed by atoms with E-state index in [2.05, 4.69) is 5.32 Å². The number of hydrogen-bond donors (Lipinski definition) is 1. The smallest absolute Gasteiger partial charge is 0.0707 e. The quantitative estimate of drug-likeness (QED) is 0.793. The molecule has 2 saturated heterocycles. The van der Waals surface area contributed by atoms with Gasteiger partial charge in [-0.15, -0.1) is 0 Å². The zero-order valence-electron chi connectivity index (χ0n) is 10.0. The summed E-state index contributed by atoms with van der Waals surface area (Å²) < 4.78 is 12.0. The van der Waals surface area contributed by atoms with Crippen LogP contribution in [0.5, 0.6) is 0 Å². The molecule has 0 radical (unpaired) electrons. The van der Waals surface area contributed by atoms with E-state index < -0.39 is 0 Å². The monoisotopic (exact) mass is 225 g/mol. The molecule has 92 valence electrons. The van der Waals surface area contributed by atoms with Crippen molar-refractivity contribution in [2.24, 2.45) is 5.92 Å². The van der Waals surface area contributed by atoms with Crippen LogP contribution in [0, 0.1) is 5.92 Å². The molecule has 3 fully saturated rings. The zero-order chi connectivity index (χ0) is 10.8. The van der Waals surface area contributed by atoms with Crippen molar-refractivity contribution in [3.63, 3.8) is 0 Å². The van der Waals surface area contributed by atoms with Crippen molar-refractivity contribution in [3.05, 3.63) is 0 Å². The van der Waals surface area contributed by atoms with Crippen LogP contribution in [0.1, 0.15) is 38.5 Å². The minimum absolute atomic E-state index is 0.233. The largest absolute Gasteiger partial charge is 0.378 e. The van der Waals surface area contributed by atoms with Gasteiger partial charge in [-0.3, -0.25) is 0 Å². The second-order valence-electron chi connectivity index (χ2n) is 5.69. The van der Waals surface area contributed by atoms with E-state index in [0.717, 1.165) is 38.5 Å². The van der Waals surface area contributed by atoms with Crippen molar-refractivity contribution in [3.8, 4) is 0 Å². The molecule has 0 aromatic carbocycles. The lowest BCUT2D eigenvalue weighted by Crippen LogP contribution is -2.48. The van der Waals surface area contributed by atoms with Crippen molar-refractivity contribution < 1.29 is 9.47 Å². The zero-order valence-corrected chi connectivity index (χ0v) is 10.0. The van der Waals surface area contributed by atoms with E-state index in [1.54, 1.807) is 0 Å². The molecule has 2 atom stereocenters. The van der Waals surface area contributed by atoms with E-state index in [-0.39, 0.29) is 5.60 Å². The molecule has 1 spiro atoms. The van der Waals surface area contributed by atoms with Gasteiger partial charge in [-0.25, -0.2) is 0 Å². The van der Waals surface area contributed by atoms with Gasteiger partial charge in [0.1, 0.15) is 0 Å². The minimum atomic E-state index is 0.233. The molecule has 3 heteroatoms. The summed E-state index contributed by atoms with van der Waals surface area (Å²) in [5.74, 6) is 0.750. The highest BCUT2D eigenvalue weighted by molar-refractivity contribution is 4.94. The maximum absolute atomic E-state index is 6.08. The fraction of sp³-hybridized carbons (Fsp3) is 1.00.